The molecular formula is C25H23NO4. The number of hydrogen-bond acceptors (Lipinski definition) is 4. The normalized spacial score (nSPS) is 16.1. The molecule has 1 unspecified atom stereocenters. The van der Waals surface area contributed by atoms with E-state index in [0.717, 1.165) is 24.5 Å². The van der Waals surface area contributed by atoms with Crippen LogP contribution in [0.15, 0.2) is 65.9 Å². The van der Waals surface area contributed by atoms with Crippen LogP contribution in [0.1, 0.15) is 42.9 Å². The van der Waals surface area contributed by atoms with Gasteiger partial charge in [-0.15, -0.1) is 10.8 Å². The number of allylic oxidation sites excluding steroid dienone is 2. The Hall–Kier alpha value is -3.49. The highest BCUT2D eigenvalue weighted by Crippen LogP contribution is 2.28. The number of amides is 1. The fraction of sp³-hybridized carbons (Fsp3) is 0.240. The minimum atomic E-state index is -0.865. The number of hydrogen-bond donors (Lipinski definition) is 1. The Morgan fingerprint density at radius 1 is 1.27 bits per heavy atom. The molecule has 0 bridgehead atoms. The lowest BCUT2D eigenvalue weighted by Crippen LogP contribution is -2.09. The van der Waals surface area contributed by atoms with Crippen molar-refractivity contribution in [2.45, 2.75) is 38.9 Å². The van der Waals surface area contributed by atoms with Gasteiger partial charge in [0.25, 0.3) is 0 Å². The molecule has 1 atom stereocenters. The molecule has 3 rings (SSSR count). The average Bonchev–Trinajstić information content (AvgIpc) is 2.78. The van der Waals surface area contributed by atoms with Crippen molar-refractivity contribution in [1.82, 2.24) is 0 Å². The average molecular weight is 401 g/mol. The van der Waals surface area contributed by atoms with E-state index in [0.29, 0.717) is 29.9 Å². The predicted molar refractivity (Wildman–Crippen MR) is 117 cm³/mol. The first-order chi connectivity index (χ1) is 14.6. The number of nitroso groups, excluding NO2 is 1. The Morgan fingerprint density at radius 2 is 2.07 bits per heavy atom. The van der Waals surface area contributed by atoms with E-state index in [1.54, 1.807) is 31.2 Å². The lowest BCUT2D eigenvalue weighted by molar-refractivity contribution is -0.113. The maximum atomic E-state index is 11.3. The summed E-state index contributed by atoms with van der Waals surface area (Å²) in [6.45, 7) is 2.08. The summed E-state index contributed by atoms with van der Waals surface area (Å²) in [6.07, 6.45) is 5.40. The van der Waals surface area contributed by atoms with E-state index in [1.807, 2.05) is 12.1 Å². The second kappa shape index (κ2) is 10.3. The molecule has 2 aromatic carbocycles. The molecular weight excluding hydrogens is 378 g/mol. The van der Waals surface area contributed by atoms with Gasteiger partial charge in [0.15, 0.2) is 0 Å². The summed E-state index contributed by atoms with van der Waals surface area (Å²) in [4.78, 5) is 21.7. The Labute approximate surface area is 176 Å². The van der Waals surface area contributed by atoms with Crippen molar-refractivity contribution in [3.63, 3.8) is 0 Å². The first-order valence-corrected chi connectivity index (χ1v) is 9.80. The fourth-order valence-electron chi connectivity index (χ4n) is 3.32. The van der Waals surface area contributed by atoms with E-state index in [9.17, 15) is 14.8 Å². The number of benzene rings is 2. The standard InChI is InChI=1S/C25H23NO4/c1-2-4-21(16-25(28)26-29)20-9-13-24(14-10-20)30-17-18-5-3-6-22(15-18)19-7-11-23(27)12-8-19/h3,5-7,9-10,13-16,23,27H,8,11-12,17H2,1H3/b21-16+. The highest BCUT2D eigenvalue weighted by atomic mass is 16.5. The zero-order chi connectivity index (χ0) is 21.3. The van der Waals surface area contributed by atoms with Crippen LogP contribution < -0.4 is 4.74 Å². The summed E-state index contributed by atoms with van der Waals surface area (Å²) < 4.78 is 5.90. The Balaban J connectivity index is 1.67. The summed E-state index contributed by atoms with van der Waals surface area (Å²) in [5.41, 5.74) is 4.64. The smallest absolute Gasteiger partial charge is 0.310 e. The third kappa shape index (κ3) is 5.76. The van der Waals surface area contributed by atoms with Gasteiger partial charge in [0.1, 0.15) is 12.4 Å². The highest BCUT2D eigenvalue weighted by Gasteiger charge is 2.13. The molecule has 5 heteroatoms. The Morgan fingerprint density at radius 3 is 2.73 bits per heavy atom. The molecule has 0 radical (unpaired) electrons. The van der Waals surface area contributed by atoms with E-state index in [2.05, 4.69) is 35.2 Å². The van der Waals surface area contributed by atoms with Crippen molar-refractivity contribution in [2.24, 2.45) is 5.18 Å². The topological polar surface area (TPSA) is 76.0 Å². The lowest BCUT2D eigenvalue weighted by atomic mass is 9.91. The van der Waals surface area contributed by atoms with Crippen molar-refractivity contribution in [2.75, 3.05) is 0 Å². The van der Waals surface area contributed by atoms with Crippen LogP contribution in [0, 0.1) is 16.7 Å². The molecule has 0 spiro atoms. The molecule has 1 aliphatic rings. The number of rotatable bonds is 6. The molecule has 1 N–H and O–H groups in total. The number of aliphatic hydroxyl groups is 1. The van der Waals surface area contributed by atoms with Crippen molar-refractivity contribution in [3.05, 3.63) is 82.3 Å². The number of carbonyl (C=O) groups excluding carboxylic acids is 1. The van der Waals surface area contributed by atoms with Gasteiger partial charge in [0, 0.05) is 16.8 Å². The highest BCUT2D eigenvalue weighted by molar-refractivity contribution is 5.99. The molecule has 0 heterocycles. The maximum Gasteiger partial charge on any atom is 0.310 e. The molecule has 0 saturated carbocycles. The van der Waals surface area contributed by atoms with Gasteiger partial charge in [-0.2, -0.15) is 0 Å². The van der Waals surface area contributed by atoms with Gasteiger partial charge in [-0.3, -0.25) is 4.79 Å². The molecule has 5 nitrogen and oxygen atoms in total. The van der Waals surface area contributed by atoms with Crippen LogP contribution in [-0.4, -0.2) is 17.1 Å². The summed E-state index contributed by atoms with van der Waals surface area (Å²) in [6, 6.07) is 15.4. The van der Waals surface area contributed by atoms with Crippen LogP contribution in [0.25, 0.3) is 11.1 Å². The number of ether oxygens (including phenoxy) is 1. The molecule has 0 fully saturated rings. The molecule has 0 saturated heterocycles. The SMILES string of the molecule is CC#C/C(=C\C(=O)N=O)c1ccc(OCc2cccc(C3=CCC(O)CC3)c2)cc1. The van der Waals surface area contributed by atoms with Crippen LogP contribution >= 0.6 is 0 Å². The van der Waals surface area contributed by atoms with E-state index in [4.69, 9.17) is 4.74 Å². The van der Waals surface area contributed by atoms with Gasteiger partial charge >= 0.3 is 5.91 Å². The number of aliphatic hydroxyl groups excluding tert-OH is 1. The zero-order valence-electron chi connectivity index (χ0n) is 16.8. The molecule has 152 valence electrons. The summed E-state index contributed by atoms with van der Waals surface area (Å²) in [7, 11) is 0. The largest absolute Gasteiger partial charge is 0.489 e. The first-order valence-electron chi connectivity index (χ1n) is 9.80. The maximum absolute atomic E-state index is 11.3. The summed E-state index contributed by atoms with van der Waals surface area (Å²) in [5.74, 6) is 5.36. The fourth-order valence-corrected chi connectivity index (χ4v) is 3.32. The zero-order valence-corrected chi connectivity index (χ0v) is 16.8. The quantitative estimate of drug-likeness (QED) is 0.425. The van der Waals surface area contributed by atoms with Gasteiger partial charge in [-0.25, -0.2) is 0 Å². The summed E-state index contributed by atoms with van der Waals surface area (Å²) in [5, 5.41) is 12.1. The van der Waals surface area contributed by atoms with Gasteiger partial charge in [-0.05, 0) is 66.6 Å². The molecule has 2 aromatic rings. The predicted octanol–water partition coefficient (Wildman–Crippen LogP) is 4.89. The number of carbonyl (C=O) groups is 1. The summed E-state index contributed by atoms with van der Waals surface area (Å²) >= 11 is 0. The van der Waals surface area contributed by atoms with Crippen LogP contribution in [0.3, 0.4) is 0 Å². The van der Waals surface area contributed by atoms with Crippen molar-refractivity contribution in [3.8, 4) is 17.6 Å². The third-order valence-corrected chi connectivity index (χ3v) is 4.87. The van der Waals surface area contributed by atoms with E-state index in [1.165, 1.54) is 11.1 Å². The minimum absolute atomic E-state index is 0.227. The first kappa shape index (κ1) is 21.2. The van der Waals surface area contributed by atoms with Crippen LogP contribution in [0.5, 0.6) is 5.75 Å². The Bertz CT molecular complexity index is 1040. The third-order valence-electron chi connectivity index (χ3n) is 4.87. The molecule has 1 aliphatic carbocycles. The Kier molecular flexibility index (Phi) is 7.31. The van der Waals surface area contributed by atoms with E-state index < -0.39 is 5.91 Å². The molecule has 0 aromatic heterocycles. The van der Waals surface area contributed by atoms with Gasteiger partial charge < -0.3 is 9.84 Å². The van der Waals surface area contributed by atoms with Gasteiger partial charge in [0.2, 0.25) is 0 Å². The monoisotopic (exact) mass is 401 g/mol. The van der Waals surface area contributed by atoms with Crippen molar-refractivity contribution in [1.29, 1.82) is 0 Å². The van der Waals surface area contributed by atoms with Crippen LogP contribution in [0.2, 0.25) is 0 Å². The number of nitrogens with zero attached hydrogens (tertiary/aromatic N) is 1. The van der Waals surface area contributed by atoms with Crippen LogP contribution in [-0.2, 0) is 11.4 Å². The van der Waals surface area contributed by atoms with Crippen molar-refractivity contribution < 1.29 is 14.6 Å². The van der Waals surface area contributed by atoms with Crippen LogP contribution in [0.4, 0.5) is 0 Å². The lowest BCUT2D eigenvalue weighted by Gasteiger charge is -2.18. The molecule has 30 heavy (non-hydrogen) atoms. The second-order valence-electron chi connectivity index (χ2n) is 7.03. The van der Waals surface area contributed by atoms with E-state index >= 15 is 0 Å². The van der Waals surface area contributed by atoms with Gasteiger partial charge in [-0.1, -0.05) is 42.3 Å². The molecule has 0 aliphatic heterocycles. The van der Waals surface area contributed by atoms with Crippen molar-refractivity contribution >= 4 is 17.1 Å². The van der Waals surface area contributed by atoms with Gasteiger partial charge in [0.05, 0.1) is 6.10 Å². The minimum Gasteiger partial charge on any atom is -0.489 e. The molecule has 1 amide bonds. The van der Waals surface area contributed by atoms with E-state index in [-0.39, 0.29) is 6.10 Å². The second-order valence-corrected chi connectivity index (χ2v) is 7.03.